The van der Waals surface area contributed by atoms with E-state index >= 15 is 0 Å². The van der Waals surface area contributed by atoms with E-state index in [1.165, 1.54) is 0 Å². The summed E-state index contributed by atoms with van der Waals surface area (Å²) in [6.45, 7) is 11.9. The van der Waals surface area contributed by atoms with E-state index in [0.29, 0.717) is 19.0 Å². The van der Waals surface area contributed by atoms with Crippen molar-refractivity contribution in [1.82, 2.24) is 20.0 Å². The first-order chi connectivity index (χ1) is 10.7. The Labute approximate surface area is 138 Å². The van der Waals surface area contributed by atoms with Crippen molar-refractivity contribution in [3.63, 3.8) is 0 Å². The molecule has 1 aliphatic heterocycles. The van der Waals surface area contributed by atoms with Crippen molar-refractivity contribution >= 4 is 6.03 Å². The zero-order valence-corrected chi connectivity index (χ0v) is 15.0. The number of aryl methyl sites for hydroxylation is 1. The van der Waals surface area contributed by atoms with E-state index in [9.17, 15) is 9.90 Å². The average Bonchev–Trinajstić information content (AvgIpc) is 2.89. The van der Waals surface area contributed by atoms with Crippen LogP contribution in [-0.4, -0.2) is 45.5 Å². The number of piperidine rings is 1. The molecule has 2 heterocycles. The first kappa shape index (κ1) is 17.8. The molecule has 130 valence electrons. The number of nitrogens with zero attached hydrogens (tertiary/aromatic N) is 3. The monoisotopic (exact) mass is 322 g/mol. The number of urea groups is 1. The number of nitrogens with one attached hydrogen (secondary N) is 1. The van der Waals surface area contributed by atoms with Crippen molar-refractivity contribution < 1.29 is 9.90 Å². The summed E-state index contributed by atoms with van der Waals surface area (Å²) in [6, 6.07) is -0.106. The van der Waals surface area contributed by atoms with Crippen LogP contribution in [0.25, 0.3) is 0 Å². The molecule has 1 saturated heterocycles. The van der Waals surface area contributed by atoms with Gasteiger partial charge in [-0.25, -0.2) is 4.79 Å². The summed E-state index contributed by atoms with van der Waals surface area (Å²) in [5, 5.41) is 16.8. The van der Waals surface area contributed by atoms with Gasteiger partial charge in [-0.1, -0.05) is 0 Å². The Hall–Kier alpha value is -1.56. The van der Waals surface area contributed by atoms with Gasteiger partial charge < -0.3 is 15.3 Å². The number of aromatic nitrogens is 2. The van der Waals surface area contributed by atoms with E-state index in [-0.39, 0.29) is 24.2 Å². The maximum absolute atomic E-state index is 12.4. The molecule has 0 aromatic carbocycles. The number of rotatable bonds is 3. The second-order valence-electron chi connectivity index (χ2n) is 7.57. The van der Waals surface area contributed by atoms with Crippen LogP contribution in [0.3, 0.4) is 0 Å². The lowest BCUT2D eigenvalue weighted by Gasteiger charge is -2.32. The van der Waals surface area contributed by atoms with Gasteiger partial charge in [0.1, 0.15) is 0 Å². The molecular formula is C17H30N4O2. The van der Waals surface area contributed by atoms with Crippen LogP contribution in [-0.2, 0) is 5.54 Å². The van der Waals surface area contributed by atoms with Gasteiger partial charge in [-0.05, 0) is 53.4 Å². The molecule has 6 nitrogen and oxygen atoms in total. The maximum Gasteiger partial charge on any atom is 0.317 e. The number of hydrogen-bond acceptors (Lipinski definition) is 3. The minimum absolute atomic E-state index is 0.0307. The van der Waals surface area contributed by atoms with Crippen LogP contribution in [0.5, 0.6) is 0 Å². The zero-order chi connectivity index (χ0) is 17.2. The van der Waals surface area contributed by atoms with Crippen LogP contribution in [0, 0.1) is 12.8 Å². The Balaban J connectivity index is 1.98. The van der Waals surface area contributed by atoms with Gasteiger partial charge in [0.25, 0.3) is 0 Å². The lowest BCUT2D eigenvalue weighted by atomic mass is 9.98. The largest absolute Gasteiger partial charge is 0.396 e. The molecule has 6 heteroatoms. The van der Waals surface area contributed by atoms with Crippen LogP contribution >= 0.6 is 0 Å². The third-order valence-electron chi connectivity index (χ3n) is 4.59. The lowest BCUT2D eigenvalue weighted by Crippen LogP contribution is -2.45. The smallest absolute Gasteiger partial charge is 0.317 e. The van der Waals surface area contributed by atoms with E-state index in [1.807, 2.05) is 29.6 Å². The summed E-state index contributed by atoms with van der Waals surface area (Å²) in [5.41, 5.74) is 1.93. The first-order valence-electron chi connectivity index (χ1n) is 8.45. The van der Waals surface area contributed by atoms with Crippen LogP contribution in [0.1, 0.15) is 57.8 Å². The second-order valence-corrected chi connectivity index (χ2v) is 7.57. The molecule has 0 radical (unpaired) electrons. The Bertz CT molecular complexity index is 539. The lowest BCUT2D eigenvalue weighted by molar-refractivity contribution is 0.136. The molecule has 1 aromatic rings. The summed E-state index contributed by atoms with van der Waals surface area (Å²) in [6.07, 6.45) is 3.77. The molecule has 0 bridgehead atoms. The quantitative estimate of drug-likeness (QED) is 0.898. The third kappa shape index (κ3) is 4.25. The highest BCUT2D eigenvalue weighted by atomic mass is 16.3. The van der Waals surface area contributed by atoms with Gasteiger partial charge in [0.15, 0.2) is 0 Å². The molecule has 2 amide bonds. The van der Waals surface area contributed by atoms with Gasteiger partial charge in [0, 0.05) is 31.5 Å². The fourth-order valence-electron chi connectivity index (χ4n) is 2.92. The van der Waals surface area contributed by atoms with Gasteiger partial charge in [-0.15, -0.1) is 0 Å². The number of aliphatic hydroxyl groups excluding tert-OH is 1. The molecule has 2 N–H and O–H groups in total. The van der Waals surface area contributed by atoms with Crippen molar-refractivity contribution in [2.45, 2.75) is 59.0 Å². The highest BCUT2D eigenvalue weighted by Crippen LogP contribution is 2.22. The fraction of sp³-hybridized carbons (Fsp3) is 0.765. The van der Waals surface area contributed by atoms with Crippen molar-refractivity contribution in [1.29, 1.82) is 0 Å². The molecule has 1 atom stereocenters. The van der Waals surface area contributed by atoms with Crippen LogP contribution in [0.15, 0.2) is 6.20 Å². The minimum Gasteiger partial charge on any atom is -0.396 e. The molecule has 1 fully saturated rings. The number of likely N-dealkylation sites (tertiary alicyclic amines) is 1. The number of aliphatic hydroxyl groups is 1. The van der Waals surface area contributed by atoms with Gasteiger partial charge in [-0.2, -0.15) is 5.10 Å². The first-order valence-corrected chi connectivity index (χ1v) is 8.45. The van der Waals surface area contributed by atoms with E-state index in [0.717, 1.165) is 24.1 Å². The number of amides is 2. The molecule has 1 unspecified atom stereocenters. The van der Waals surface area contributed by atoms with Crippen molar-refractivity contribution in [2.75, 3.05) is 19.7 Å². The highest BCUT2D eigenvalue weighted by molar-refractivity contribution is 5.74. The van der Waals surface area contributed by atoms with Gasteiger partial charge in [0.2, 0.25) is 0 Å². The highest BCUT2D eigenvalue weighted by Gasteiger charge is 2.25. The summed E-state index contributed by atoms with van der Waals surface area (Å²) >= 11 is 0. The van der Waals surface area contributed by atoms with E-state index in [4.69, 9.17) is 0 Å². The standard InChI is InChI=1S/C17H30N4O2/c1-12(15-10-21(17(3,4)5)19-13(15)2)18-16(23)20-8-6-14(11-22)7-9-20/h10,12,14,22H,6-9,11H2,1-5H3,(H,18,23). The number of carbonyl (C=O) groups is 1. The predicted molar refractivity (Wildman–Crippen MR) is 90.3 cm³/mol. The fourth-order valence-corrected chi connectivity index (χ4v) is 2.92. The molecule has 0 saturated carbocycles. The molecule has 1 aliphatic rings. The maximum atomic E-state index is 12.4. The molecule has 23 heavy (non-hydrogen) atoms. The van der Waals surface area contributed by atoms with E-state index < -0.39 is 0 Å². The van der Waals surface area contributed by atoms with Crippen LogP contribution < -0.4 is 5.32 Å². The van der Waals surface area contributed by atoms with Gasteiger partial charge >= 0.3 is 6.03 Å². The van der Waals surface area contributed by atoms with E-state index in [2.05, 4.69) is 31.2 Å². The Kier molecular flexibility index (Phi) is 5.34. The Morgan fingerprint density at radius 1 is 1.43 bits per heavy atom. The van der Waals surface area contributed by atoms with Crippen LogP contribution in [0.2, 0.25) is 0 Å². The van der Waals surface area contributed by atoms with Crippen molar-refractivity contribution in [2.24, 2.45) is 5.92 Å². The minimum atomic E-state index is -0.0748. The Morgan fingerprint density at radius 2 is 2.04 bits per heavy atom. The zero-order valence-electron chi connectivity index (χ0n) is 15.0. The molecule has 2 rings (SSSR count). The summed E-state index contributed by atoms with van der Waals surface area (Å²) in [7, 11) is 0. The normalized spacial score (nSPS) is 18.1. The van der Waals surface area contributed by atoms with Gasteiger partial charge in [0.05, 0.1) is 17.3 Å². The summed E-state index contributed by atoms with van der Waals surface area (Å²) < 4.78 is 1.95. The van der Waals surface area contributed by atoms with Crippen LogP contribution in [0.4, 0.5) is 4.79 Å². The molecular weight excluding hydrogens is 292 g/mol. The number of carbonyl (C=O) groups excluding carboxylic acids is 1. The average molecular weight is 322 g/mol. The van der Waals surface area contributed by atoms with Crippen molar-refractivity contribution in [3.8, 4) is 0 Å². The molecule has 0 aliphatic carbocycles. The Morgan fingerprint density at radius 3 is 2.52 bits per heavy atom. The van der Waals surface area contributed by atoms with E-state index in [1.54, 1.807) is 0 Å². The topological polar surface area (TPSA) is 70.4 Å². The number of hydrogen-bond donors (Lipinski definition) is 2. The van der Waals surface area contributed by atoms with Gasteiger partial charge in [-0.3, -0.25) is 4.68 Å². The molecule has 0 spiro atoms. The summed E-state index contributed by atoms with van der Waals surface area (Å²) in [5.74, 6) is 0.337. The molecule has 1 aromatic heterocycles. The predicted octanol–water partition coefficient (Wildman–Crippen LogP) is 2.42. The van der Waals surface area contributed by atoms with Crippen molar-refractivity contribution in [3.05, 3.63) is 17.5 Å². The second kappa shape index (κ2) is 6.91. The SMILES string of the molecule is Cc1nn(C(C)(C)C)cc1C(C)NC(=O)N1CCC(CO)CC1. The summed E-state index contributed by atoms with van der Waals surface area (Å²) in [4.78, 5) is 14.3. The third-order valence-corrected chi connectivity index (χ3v) is 4.59.